The molecule has 0 bridgehead atoms. The summed E-state index contributed by atoms with van der Waals surface area (Å²) in [5.74, 6) is -0.800. The van der Waals surface area contributed by atoms with Gasteiger partial charge in [-0.05, 0) is 34.1 Å². The second-order valence-electron chi connectivity index (χ2n) is 4.54. The van der Waals surface area contributed by atoms with Crippen molar-refractivity contribution in [1.29, 1.82) is 0 Å². The van der Waals surface area contributed by atoms with Crippen molar-refractivity contribution in [3.05, 3.63) is 0 Å². The van der Waals surface area contributed by atoms with E-state index in [0.717, 1.165) is 0 Å². The van der Waals surface area contributed by atoms with Crippen LogP contribution in [0, 0.1) is 5.41 Å². The first-order chi connectivity index (χ1) is 8.37. The molecule has 106 valence electrons. The van der Waals surface area contributed by atoms with Gasteiger partial charge in [-0.25, -0.2) is 0 Å². The van der Waals surface area contributed by atoms with Crippen LogP contribution in [0.1, 0.15) is 47.5 Å². The number of hydrogen-bond acceptors (Lipinski definition) is 5. The van der Waals surface area contributed by atoms with Crippen molar-refractivity contribution in [2.45, 2.75) is 53.8 Å². The zero-order valence-electron chi connectivity index (χ0n) is 11.9. The van der Waals surface area contributed by atoms with Crippen LogP contribution in [0.25, 0.3) is 0 Å². The lowest BCUT2D eigenvalue weighted by atomic mass is 9.91. The van der Waals surface area contributed by atoms with Gasteiger partial charge < -0.3 is 14.2 Å². The fraction of sp³-hybridized carbons (Fsp3) is 0.846. The smallest absolute Gasteiger partial charge is 0.313 e. The van der Waals surface area contributed by atoms with Gasteiger partial charge in [0, 0.05) is 6.61 Å². The maximum absolute atomic E-state index is 11.9. The summed E-state index contributed by atoms with van der Waals surface area (Å²) in [4.78, 5) is 23.2. The number of ether oxygens (including phenoxy) is 3. The molecule has 0 aromatic rings. The number of rotatable bonds is 8. The van der Waals surface area contributed by atoms with Crippen molar-refractivity contribution in [1.82, 2.24) is 0 Å². The molecule has 5 nitrogen and oxygen atoms in total. The van der Waals surface area contributed by atoms with Crippen molar-refractivity contribution >= 4 is 11.9 Å². The Morgan fingerprint density at radius 1 is 1.11 bits per heavy atom. The predicted octanol–water partition coefficient (Wildman–Crippen LogP) is 2.28. The first-order valence-corrected chi connectivity index (χ1v) is 6.35. The van der Waals surface area contributed by atoms with Crippen LogP contribution in [-0.4, -0.2) is 31.4 Å². The largest absolute Gasteiger partial charge is 0.466 e. The molecule has 0 aliphatic heterocycles. The van der Waals surface area contributed by atoms with Crippen LogP contribution in [0.2, 0.25) is 0 Å². The average molecular weight is 260 g/mol. The van der Waals surface area contributed by atoms with E-state index in [1.807, 2.05) is 6.92 Å². The van der Waals surface area contributed by atoms with Crippen molar-refractivity contribution in [2.24, 2.45) is 5.41 Å². The zero-order chi connectivity index (χ0) is 14.2. The van der Waals surface area contributed by atoms with Gasteiger partial charge in [-0.2, -0.15) is 0 Å². The van der Waals surface area contributed by atoms with Crippen LogP contribution >= 0.6 is 0 Å². The molecular formula is C13H24O5. The van der Waals surface area contributed by atoms with E-state index in [1.54, 1.807) is 27.7 Å². The molecule has 5 heteroatoms. The topological polar surface area (TPSA) is 61.8 Å². The van der Waals surface area contributed by atoms with Crippen LogP contribution in [0.4, 0.5) is 0 Å². The average Bonchev–Trinajstić information content (AvgIpc) is 2.29. The van der Waals surface area contributed by atoms with Gasteiger partial charge in [0.25, 0.3) is 0 Å². The molecule has 0 aliphatic carbocycles. The van der Waals surface area contributed by atoms with E-state index in [0.29, 0.717) is 19.6 Å². The van der Waals surface area contributed by atoms with Crippen LogP contribution < -0.4 is 0 Å². The summed E-state index contributed by atoms with van der Waals surface area (Å²) in [5.41, 5.74) is -0.579. The molecule has 18 heavy (non-hydrogen) atoms. The van der Waals surface area contributed by atoms with Gasteiger partial charge in [0.05, 0.1) is 12.0 Å². The van der Waals surface area contributed by atoms with Gasteiger partial charge in [0.15, 0.2) is 0 Å². The second-order valence-corrected chi connectivity index (χ2v) is 4.54. The summed E-state index contributed by atoms with van der Waals surface area (Å²) in [6, 6.07) is 0. The van der Waals surface area contributed by atoms with E-state index in [9.17, 15) is 9.59 Å². The SMILES string of the molecule is CCOC(=O)CC(OCC)OC(=O)C(C)(C)CC. The van der Waals surface area contributed by atoms with E-state index in [2.05, 4.69) is 0 Å². The minimum absolute atomic E-state index is 0.0762. The molecule has 0 fully saturated rings. The van der Waals surface area contributed by atoms with Crippen LogP contribution in [-0.2, 0) is 23.8 Å². The normalized spacial score (nSPS) is 12.9. The predicted molar refractivity (Wildman–Crippen MR) is 66.8 cm³/mol. The van der Waals surface area contributed by atoms with Crippen LogP contribution in [0.5, 0.6) is 0 Å². The van der Waals surface area contributed by atoms with Crippen molar-refractivity contribution in [2.75, 3.05) is 13.2 Å². The molecule has 0 saturated heterocycles. The zero-order valence-corrected chi connectivity index (χ0v) is 11.9. The first-order valence-electron chi connectivity index (χ1n) is 6.35. The van der Waals surface area contributed by atoms with Crippen molar-refractivity contribution < 1.29 is 23.8 Å². The Balaban J connectivity index is 4.44. The van der Waals surface area contributed by atoms with E-state index in [1.165, 1.54) is 0 Å². The lowest BCUT2D eigenvalue weighted by Crippen LogP contribution is -2.33. The third-order valence-electron chi connectivity index (χ3n) is 2.67. The Morgan fingerprint density at radius 2 is 1.72 bits per heavy atom. The fourth-order valence-electron chi connectivity index (χ4n) is 1.10. The molecule has 0 radical (unpaired) electrons. The molecule has 0 rings (SSSR count). The summed E-state index contributed by atoms with van der Waals surface area (Å²) in [7, 11) is 0. The highest BCUT2D eigenvalue weighted by Crippen LogP contribution is 2.23. The number of carbonyl (C=O) groups is 2. The highest BCUT2D eigenvalue weighted by Gasteiger charge is 2.30. The van der Waals surface area contributed by atoms with Gasteiger partial charge >= 0.3 is 11.9 Å². The fourth-order valence-corrected chi connectivity index (χ4v) is 1.10. The summed E-state index contributed by atoms with van der Waals surface area (Å²) in [6.07, 6.45) is -0.288. The molecule has 1 unspecified atom stereocenters. The molecule has 0 aromatic carbocycles. The minimum atomic E-state index is -0.868. The Morgan fingerprint density at radius 3 is 2.17 bits per heavy atom. The van der Waals surface area contributed by atoms with Crippen LogP contribution in [0.15, 0.2) is 0 Å². The van der Waals surface area contributed by atoms with Gasteiger partial charge in [0.1, 0.15) is 6.42 Å². The minimum Gasteiger partial charge on any atom is -0.466 e. The molecule has 0 saturated carbocycles. The Kier molecular flexibility index (Phi) is 7.59. The molecule has 0 aliphatic rings. The maximum Gasteiger partial charge on any atom is 0.313 e. The van der Waals surface area contributed by atoms with Gasteiger partial charge in [-0.3, -0.25) is 9.59 Å². The Labute approximate surface area is 109 Å². The van der Waals surface area contributed by atoms with Crippen LogP contribution in [0.3, 0.4) is 0 Å². The number of hydrogen-bond donors (Lipinski definition) is 0. The van der Waals surface area contributed by atoms with E-state index in [-0.39, 0.29) is 12.4 Å². The van der Waals surface area contributed by atoms with Gasteiger partial charge in [-0.1, -0.05) is 6.92 Å². The maximum atomic E-state index is 11.9. The van der Waals surface area contributed by atoms with E-state index >= 15 is 0 Å². The summed E-state index contributed by atoms with van der Waals surface area (Å²) in [6.45, 7) is 9.65. The lowest BCUT2D eigenvalue weighted by Gasteiger charge is -2.24. The monoisotopic (exact) mass is 260 g/mol. The standard InChI is InChI=1S/C13H24O5/c1-6-13(4,5)12(15)18-11(17-8-3)9-10(14)16-7-2/h11H,6-9H2,1-5H3. The Hall–Kier alpha value is -1.10. The van der Waals surface area contributed by atoms with Crippen molar-refractivity contribution in [3.8, 4) is 0 Å². The molecule has 1 atom stereocenters. The van der Waals surface area contributed by atoms with Gasteiger partial charge in [0.2, 0.25) is 6.29 Å². The molecule has 0 N–H and O–H groups in total. The van der Waals surface area contributed by atoms with E-state index in [4.69, 9.17) is 14.2 Å². The van der Waals surface area contributed by atoms with Gasteiger partial charge in [-0.15, -0.1) is 0 Å². The lowest BCUT2D eigenvalue weighted by molar-refractivity contribution is -0.192. The number of carbonyl (C=O) groups excluding carboxylic acids is 2. The molecule has 0 aromatic heterocycles. The molecule has 0 spiro atoms. The summed E-state index contributed by atoms with van der Waals surface area (Å²) >= 11 is 0. The first kappa shape index (κ1) is 16.9. The molecular weight excluding hydrogens is 236 g/mol. The third-order valence-corrected chi connectivity index (χ3v) is 2.67. The van der Waals surface area contributed by atoms with Crippen molar-refractivity contribution in [3.63, 3.8) is 0 Å². The molecule has 0 amide bonds. The summed E-state index contributed by atoms with van der Waals surface area (Å²) in [5, 5.41) is 0. The quantitative estimate of drug-likeness (QED) is 0.495. The number of esters is 2. The highest BCUT2D eigenvalue weighted by atomic mass is 16.7. The second kappa shape index (κ2) is 8.08. The van der Waals surface area contributed by atoms with E-state index < -0.39 is 17.7 Å². The Bertz CT molecular complexity index is 273. The molecule has 0 heterocycles. The summed E-state index contributed by atoms with van der Waals surface area (Å²) < 4.78 is 15.2. The third kappa shape index (κ3) is 6.00. The highest BCUT2D eigenvalue weighted by molar-refractivity contribution is 5.76.